The molecule has 17 nitrogen and oxygen atoms in total. The number of hydrogen-bond acceptors (Lipinski definition) is 14. The van der Waals surface area contributed by atoms with E-state index in [1.54, 1.807) is 16.7 Å². The molecule has 50 heavy (non-hydrogen) atoms. The SMILES string of the molecule is CCNc1nc(C#Cc2ccc(Cl)s2)nc2c1ncn2C1C(OC(=O)CN(C)C(=O)CN)C(OC(=O)CN(C)C(=O)CN)C2(C(=O)NC)CC12. The van der Waals surface area contributed by atoms with Crippen LogP contribution in [0.5, 0.6) is 0 Å². The molecule has 0 aromatic carbocycles. The molecule has 6 N–H and O–H groups in total. The van der Waals surface area contributed by atoms with E-state index in [9.17, 15) is 24.0 Å². The van der Waals surface area contributed by atoms with Gasteiger partial charge in [-0.15, -0.1) is 11.3 Å². The molecule has 0 saturated heterocycles. The second kappa shape index (κ2) is 15.0. The lowest BCUT2D eigenvalue weighted by Gasteiger charge is -2.31. The number of amides is 3. The molecule has 0 aliphatic heterocycles. The topological polar surface area (TPSA) is 230 Å². The van der Waals surface area contributed by atoms with Crippen LogP contribution < -0.4 is 22.1 Å². The van der Waals surface area contributed by atoms with Gasteiger partial charge in [0.25, 0.3) is 0 Å². The Balaban J connectivity index is 1.60. The molecule has 266 valence electrons. The molecule has 3 aromatic rings. The van der Waals surface area contributed by atoms with Gasteiger partial charge in [-0.1, -0.05) is 11.6 Å². The molecule has 5 atom stereocenters. The van der Waals surface area contributed by atoms with E-state index in [4.69, 9.17) is 37.5 Å². The van der Waals surface area contributed by atoms with Crippen LogP contribution in [0.1, 0.15) is 30.1 Å². The van der Waals surface area contributed by atoms with Crippen LogP contribution in [0.2, 0.25) is 4.34 Å². The molecule has 0 spiro atoms. The summed E-state index contributed by atoms with van der Waals surface area (Å²) in [6.07, 6.45) is -0.779. The van der Waals surface area contributed by atoms with Crippen LogP contribution >= 0.6 is 22.9 Å². The number of nitrogens with zero attached hydrogens (tertiary/aromatic N) is 6. The van der Waals surface area contributed by atoms with E-state index >= 15 is 0 Å². The van der Waals surface area contributed by atoms with Crippen molar-refractivity contribution in [2.24, 2.45) is 22.8 Å². The Labute approximate surface area is 296 Å². The molecular weight excluding hydrogens is 692 g/mol. The minimum absolute atomic E-state index is 0.164. The number of esters is 2. The standard InChI is InChI=1S/C31H37ClN10O7S/c1-5-36-28-24-29(39-19(38-28)9-7-16-6-8-18(32)50-16)42(15-37-24)25-17-10-31(17,30(47)35-2)27(49-23(46)14-41(4)21(44)12-34)26(25)48-22(45)13-40(3)20(43)11-33/h6,8,15,17,25-27H,5,10-14,33-34H2,1-4H3,(H,35,47)(H,36,38,39). The molecule has 3 heterocycles. The van der Waals surface area contributed by atoms with Gasteiger partial charge in [-0.2, -0.15) is 0 Å². The van der Waals surface area contributed by atoms with Crippen LogP contribution in [0.3, 0.4) is 0 Å². The summed E-state index contributed by atoms with van der Waals surface area (Å²) in [5, 5.41) is 5.84. The second-order valence-electron chi connectivity index (χ2n) is 11.8. The number of carbonyl (C=O) groups is 5. The Bertz CT molecular complexity index is 1890. The first-order chi connectivity index (χ1) is 23.9. The first-order valence-electron chi connectivity index (χ1n) is 15.6. The zero-order chi connectivity index (χ0) is 36.3. The van der Waals surface area contributed by atoms with Gasteiger partial charge in [0.15, 0.2) is 29.2 Å². The molecular formula is C31H37ClN10O7S. The van der Waals surface area contributed by atoms with Crippen molar-refractivity contribution in [1.29, 1.82) is 0 Å². The van der Waals surface area contributed by atoms with Crippen molar-refractivity contribution in [3.05, 3.63) is 33.5 Å². The molecule has 2 aliphatic rings. The van der Waals surface area contributed by atoms with E-state index < -0.39 is 72.3 Å². The van der Waals surface area contributed by atoms with Crippen molar-refractivity contribution < 1.29 is 33.4 Å². The minimum atomic E-state index is -1.30. The van der Waals surface area contributed by atoms with Crippen LogP contribution in [0.15, 0.2) is 18.5 Å². The molecule has 3 amide bonds. The fourth-order valence-electron chi connectivity index (χ4n) is 6.26. The first-order valence-corrected chi connectivity index (χ1v) is 16.8. The maximum Gasteiger partial charge on any atom is 0.326 e. The van der Waals surface area contributed by atoms with E-state index in [0.717, 1.165) is 9.80 Å². The smallest absolute Gasteiger partial charge is 0.326 e. The van der Waals surface area contributed by atoms with Crippen molar-refractivity contribution in [3.8, 4) is 11.8 Å². The number of ether oxygens (including phenoxy) is 2. The van der Waals surface area contributed by atoms with E-state index in [-0.39, 0.29) is 25.3 Å². The Hall–Kier alpha value is -4.83. The van der Waals surface area contributed by atoms with Crippen molar-refractivity contribution in [2.75, 3.05) is 59.2 Å². The van der Waals surface area contributed by atoms with Gasteiger partial charge in [-0.05, 0) is 37.3 Å². The van der Waals surface area contributed by atoms with Gasteiger partial charge < -0.3 is 45.9 Å². The molecule has 2 fully saturated rings. The van der Waals surface area contributed by atoms with Crippen molar-refractivity contribution in [3.63, 3.8) is 0 Å². The number of thiophene rings is 1. The summed E-state index contributed by atoms with van der Waals surface area (Å²) in [5.41, 5.74) is 10.3. The van der Waals surface area contributed by atoms with Gasteiger partial charge in [0, 0.05) is 33.6 Å². The highest BCUT2D eigenvalue weighted by Gasteiger charge is 2.78. The first kappa shape index (κ1) is 36.5. The number of imidazole rings is 1. The molecule has 5 unspecified atom stereocenters. The summed E-state index contributed by atoms with van der Waals surface area (Å²) in [7, 11) is 4.23. The van der Waals surface area contributed by atoms with Crippen molar-refractivity contribution in [1.82, 2.24) is 34.6 Å². The quantitative estimate of drug-likeness (QED) is 0.134. The van der Waals surface area contributed by atoms with E-state index in [1.807, 2.05) is 6.92 Å². The number of anilines is 1. The van der Waals surface area contributed by atoms with Gasteiger partial charge in [-0.25, -0.2) is 15.0 Å². The minimum Gasteiger partial charge on any atom is -0.456 e. The number of halogens is 1. The van der Waals surface area contributed by atoms with Crippen LogP contribution in [-0.2, 0) is 33.4 Å². The highest BCUT2D eigenvalue weighted by Crippen LogP contribution is 2.69. The second-order valence-corrected chi connectivity index (χ2v) is 13.5. The third-order valence-corrected chi connectivity index (χ3v) is 9.83. The van der Waals surface area contributed by atoms with Gasteiger partial charge in [0.2, 0.25) is 23.5 Å². The molecule has 3 aromatic heterocycles. The molecule has 2 aliphatic carbocycles. The fraction of sp³-hybridized carbons (Fsp3) is 0.484. The number of fused-ring (bicyclic) bond motifs is 2. The third-order valence-electron chi connectivity index (χ3n) is 8.68. The lowest BCUT2D eigenvalue weighted by molar-refractivity contribution is -0.176. The summed E-state index contributed by atoms with van der Waals surface area (Å²) >= 11 is 7.37. The van der Waals surface area contributed by atoms with Crippen molar-refractivity contribution >= 4 is 69.6 Å². The molecule has 19 heteroatoms. The average Bonchev–Trinajstić information content (AvgIpc) is 3.31. The number of aromatic nitrogens is 4. The number of hydrogen-bond donors (Lipinski definition) is 4. The Morgan fingerprint density at radius 1 is 1.06 bits per heavy atom. The Kier molecular flexibility index (Phi) is 10.9. The number of nitrogens with one attached hydrogen (secondary N) is 2. The lowest BCUT2D eigenvalue weighted by Crippen LogP contribution is -2.48. The fourth-order valence-corrected chi connectivity index (χ4v) is 7.16. The maximum absolute atomic E-state index is 13.6. The number of carbonyl (C=O) groups excluding carboxylic acids is 5. The predicted molar refractivity (Wildman–Crippen MR) is 182 cm³/mol. The van der Waals surface area contributed by atoms with Crippen LogP contribution in [0, 0.1) is 23.2 Å². The number of rotatable bonds is 12. The summed E-state index contributed by atoms with van der Waals surface area (Å²) in [5.74, 6) is 2.92. The predicted octanol–water partition coefficient (Wildman–Crippen LogP) is -0.662. The van der Waals surface area contributed by atoms with Gasteiger partial charge in [-0.3, -0.25) is 24.0 Å². The van der Waals surface area contributed by atoms with Crippen LogP contribution in [-0.4, -0.2) is 125 Å². The van der Waals surface area contributed by atoms with Gasteiger partial charge in [0.1, 0.15) is 13.1 Å². The monoisotopic (exact) mass is 728 g/mol. The molecule has 0 bridgehead atoms. The number of likely N-dealkylation sites (N-methyl/N-ethyl adjacent to an activating group) is 2. The highest BCUT2D eigenvalue weighted by molar-refractivity contribution is 7.16. The maximum atomic E-state index is 13.6. The van der Waals surface area contributed by atoms with Gasteiger partial charge in [0.05, 0.1) is 40.1 Å². The highest BCUT2D eigenvalue weighted by atomic mass is 35.5. The van der Waals surface area contributed by atoms with Crippen LogP contribution in [0.25, 0.3) is 11.2 Å². The zero-order valence-corrected chi connectivity index (χ0v) is 29.3. The Morgan fingerprint density at radius 2 is 1.72 bits per heavy atom. The third kappa shape index (κ3) is 7.07. The number of nitrogens with two attached hydrogens (primary N) is 2. The van der Waals surface area contributed by atoms with E-state index in [2.05, 4.69) is 32.4 Å². The average molecular weight is 729 g/mol. The van der Waals surface area contributed by atoms with Crippen LogP contribution in [0.4, 0.5) is 5.82 Å². The Morgan fingerprint density at radius 3 is 2.30 bits per heavy atom. The lowest BCUT2D eigenvalue weighted by atomic mass is 9.97. The zero-order valence-electron chi connectivity index (χ0n) is 27.8. The summed E-state index contributed by atoms with van der Waals surface area (Å²) in [6, 6.07) is 2.69. The summed E-state index contributed by atoms with van der Waals surface area (Å²) in [6.45, 7) is 0.814. The summed E-state index contributed by atoms with van der Waals surface area (Å²) < 4.78 is 14.2. The van der Waals surface area contributed by atoms with Crippen molar-refractivity contribution in [2.45, 2.75) is 31.6 Å². The molecule has 5 rings (SSSR count). The largest absolute Gasteiger partial charge is 0.456 e. The summed E-state index contributed by atoms with van der Waals surface area (Å²) in [4.78, 5) is 81.3. The molecule has 0 radical (unpaired) electrons. The normalized spacial score (nSPS) is 21.7. The van der Waals surface area contributed by atoms with Gasteiger partial charge >= 0.3 is 11.9 Å². The molecule has 2 saturated carbocycles. The van der Waals surface area contributed by atoms with E-state index in [1.165, 1.54) is 38.8 Å². The van der Waals surface area contributed by atoms with E-state index in [0.29, 0.717) is 32.7 Å².